The van der Waals surface area contributed by atoms with Crippen LogP contribution in [0, 0.1) is 0 Å². The average Bonchev–Trinajstić information content (AvgIpc) is 2.73. The van der Waals surface area contributed by atoms with Gasteiger partial charge in [0.1, 0.15) is 0 Å². The van der Waals surface area contributed by atoms with Gasteiger partial charge in [-0.15, -0.1) is 0 Å². The highest BCUT2D eigenvalue weighted by Crippen LogP contribution is 2.34. The van der Waals surface area contributed by atoms with E-state index in [1.54, 1.807) is 45.1 Å². The zero-order valence-corrected chi connectivity index (χ0v) is 13.3. The molecular weight excluding hydrogens is 296 g/mol. The second-order valence-corrected chi connectivity index (χ2v) is 9.62. The molecule has 1 N–H and O–H groups in total. The molecule has 0 spiro atoms. The first-order chi connectivity index (χ1) is 7.97. The zero-order chi connectivity index (χ0) is 12.7. The second kappa shape index (κ2) is 7.70. The predicted octanol–water partition coefficient (Wildman–Crippen LogP) is 3.60. The van der Waals surface area contributed by atoms with Gasteiger partial charge in [-0.25, -0.2) is 4.79 Å². The van der Waals surface area contributed by atoms with E-state index in [9.17, 15) is 4.79 Å². The molecule has 1 fully saturated rings. The highest BCUT2D eigenvalue weighted by Gasteiger charge is 2.13. The number of nitrogens with zero attached hydrogens (tertiary/aromatic N) is 1. The van der Waals surface area contributed by atoms with Crippen LogP contribution in [0.3, 0.4) is 0 Å². The van der Waals surface area contributed by atoms with Crippen molar-refractivity contribution in [2.45, 2.75) is 25.5 Å². The lowest BCUT2D eigenvalue weighted by Crippen LogP contribution is -2.22. The van der Waals surface area contributed by atoms with Gasteiger partial charge in [0, 0.05) is 16.3 Å². The van der Waals surface area contributed by atoms with E-state index in [4.69, 9.17) is 4.84 Å². The average molecular weight is 313 g/mol. The van der Waals surface area contributed by atoms with Crippen LogP contribution in [0.15, 0.2) is 5.16 Å². The molecule has 1 heterocycles. The Balaban J connectivity index is 2.07. The predicted molar refractivity (Wildman–Crippen MR) is 81.8 cm³/mol. The first-order valence-corrected chi connectivity index (χ1v) is 9.35. The van der Waals surface area contributed by atoms with Crippen LogP contribution in [-0.2, 0) is 4.84 Å². The summed E-state index contributed by atoms with van der Waals surface area (Å²) in [6, 6.07) is 0. The summed E-state index contributed by atoms with van der Waals surface area (Å²) in [5, 5.41) is 6.40. The van der Waals surface area contributed by atoms with Gasteiger partial charge in [0.15, 0.2) is 4.38 Å². The third-order valence-electron chi connectivity index (χ3n) is 1.32. The van der Waals surface area contributed by atoms with Crippen molar-refractivity contribution in [2.75, 3.05) is 17.4 Å². The SMILES string of the molecule is CC(C)(C)SSCNC(=O)ON=C1SCCS1. The molecule has 1 rings (SSSR count). The summed E-state index contributed by atoms with van der Waals surface area (Å²) in [5.74, 6) is 2.59. The molecule has 0 bridgehead atoms. The molecular formula is C9H16N2O2S4. The van der Waals surface area contributed by atoms with E-state index in [0.717, 1.165) is 15.9 Å². The van der Waals surface area contributed by atoms with Gasteiger partial charge in [-0.1, -0.05) is 71.0 Å². The molecule has 1 aliphatic rings. The molecule has 0 unspecified atom stereocenters. The lowest BCUT2D eigenvalue weighted by atomic mass is 10.3. The summed E-state index contributed by atoms with van der Waals surface area (Å²) in [7, 11) is 3.31. The van der Waals surface area contributed by atoms with Crippen LogP contribution in [-0.4, -0.2) is 32.6 Å². The fourth-order valence-corrected chi connectivity index (χ4v) is 4.79. The monoisotopic (exact) mass is 312 g/mol. The van der Waals surface area contributed by atoms with E-state index >= 15 is 0 Å². The van der Waals surface area contributed by atoms with E-state index < -0.39 is 6.09 Å². The van der Waals surface area contributed by atoms with Crippen molar-refractivity contribution < 1.29 is 9.63 Å². The van der Waals surface area contributed by atoms with Crippen molar-refractivity contribution in [1.29, 1.82) is 0 Å². The molecule has 0 aliphatic carbocycles. The minimum absolute atomic E-state index is 0.188. The molecule has 0 radical (unpaired) electrons. The number of oxime groups is 1. The third kappa shape index (κ3) is 8.12. The molecule has 8 heteroatoms. The fraction of sp³-hybridized carbons (Fsp3) is 0.778. The van der Waals surface area contributed by atoms with Crippen LogP contribution >= 0.6 is 45.1 Å². The minimum atomic E-state index is -0.493. The van der Waals surface area contributed by atoms with E-state index in [-0.39, 0.29) is 4.75 Å². The van der Waals surface area contributed by atoms with Crippen molar-refractivity contribution in [3.63, 3.8) is 0 Å². The van der Waals surface area contributed by atoms with Gasteiger partial charge in [0.25, 0.3) is 0 Å². The molecule has 98 valence electrons. The van der Waals surface area contributed by atoms with Gasteiger partial charge < -0.3 is 5.32 Å². The normalized spacial score (nSPS) is 15.8. The van der Waals surface area contributed by atoms with E-state index in [1.807, 2.05) is 0 Å². The van der Waals surface area contributed by atoms with Crippen molar-refractivity contribution in [3.8, 4) is 0 Å². The number of carbonyl (C=O) groups excluding carboxylic acids is 1. The maximum Gasteiger partial charge on any atom is 0.434 e. The number of carbonyl (C=O) groups is 1. The van der Waals surface area contributed by atoms with Gasteiger partial charge in [0.2, 0.25) is 0 Å². The summed E-state index contributed by atoms with van der Waals surface area (Å²) in [5.41, 5.74) is 0. The Hall–Kier alpha value is 0.340. The minimum Gasteiger partial charge on any atom is -0.310 e. The first kappa shape index (κ1) is 15.4. The van der Waals surface area contributed by atoms with Gasteiger partial charge in [-0.3, -0.25) is 4.84 Å². The van der Waals surface area contributed by atoms with Crippen molar-refractivity contribution in [3.05, 3.63) is 0 Å². The molecule has 0 saturated carbocycles. The fourth-order valence-electron chi connectivity index (χ4n) is 0.758. The van der Waals surface area contributed by atoms with E-state index in [1.165, 1.54) is 0 Å². The molecule has 0 aromatic carbocycles. The summed E-state index contributed by atoms with van der Waals surface area (Å²) in [6.07, 6.45) is -0.493. The van der Waals surface area contributed by atoms with Crippen LogP contribution in [0.2, 0.25) is 0 Å². The Labute approximate surface area is 118 Å². The maximum atomic E-state index is 11.2. The Kier molecular flexibility index (Phi) is 6.98. The second-order valence-electron chi connectivity index (χ2n) is 4.07. The Bertz CT molecular complexity index is 283. The van der Waals surface area contributed by atoms with Crippen molar-refractivity contribution in [2.24, 2.45) is 5.16 Å². The third-order valence-corrected chi connectivity index (χ3v) is 6.83. The van der Waals surface area contributed by atoms with Crippen LogP contribution < -0.4 is 5.32 Å². The van der Waals surface area contributed by atoms with E-state index in [0.29, 0.717) is 5.88 Å². The molecule has 1 saturated heterocycles. The maximum absolute atomic E-state index is 11.2. The lowest BCUT2D eigenvalue weighted by Gasteiger charge is -2.15. The summed E-state index contributed by atoms with van der Waals surface area (Å²) in [6.45, 7) is 6.39. The first-order valence-electron chi connectivity index (χ1n) is 5.06. The highest BCUT2D eigenvalue weighted by atomic mass is 33.1. The van der Waals surface area contributed by atoms with Gasteiger partial charge >= 0.3 is 6.09 Å². The van der Waals surface area contributed by atoms with Gasteiger partial charge in [-0.2, -0.15) is 0 Å². The number of nitrogens with one attached hydrogen (secondary N) is 1. The highest BCUT2D eigenvalue weighted by molar-refractivity contribution is 8.77. The molecule has 4 nitrogen and oxygen atoms in total. The summed E-state index contributed by atoms with van der Waals surface area (Å²) >= 11 is 3.23. The van der Waals surface area contributed by atoms with Gasteiger partial charge in [-0.05, 0) is 0 Å². The summed E-state index contributed by atoms with van der Waals surface area (Å²) in [4.78, 5) is 16.0. The lowest BCUT2D eigenvalue weighted by molar-refractivity contribution is 0.153. The number of hydrogen-bond acceptors (Lipinski definition) is 7. The van der Waals surface area contributed by atoms with Crippen LogP contribution in [0.1, 0.15) is 20.8 Å². The number of thioether (sulfide) groups is 2. The van der Waals surface area contributed by atoms with Crippen LogP contribution in [0.5, 0.6) is 0 Å². The Morgan fingerprint density at radius 1 is 1.47 bits per heavy atom. The van der Waals surface area contributed by atoms with Crippen LogP contribution in [0.4, 0.5) is 4.79 Å². The topological polar surface area (TPSA) is 50.7 Å². The molecule has 1 amide bonds. The van der Waals surface area contributed by atoms with Crippen molar-refractivity contribution in [1.82, 2.24) is 5.32 Å². The van der Waals surface area contributed by atoms with Gasteiger partial charge in [0.05, 0.1) is 5.88 Å². The Morgan fingerprint density at radius 3 is 2.71 bits per heavy atom. The smallest absolute Gasteiger partial charge is 0.310 e. The molecule has 0 aromatic rings. The van der Waals surface area contributed by atoms with E-state index in [2.05, 4.69) is 31.2 Å². The van der Waals surface area contributed by atoms with Crippen molar-refractivity contribution >= 4 is 55.6 Å². The number of rotatable bonds is 4. The number of amides is 1. The quantitative estimate of drug-likeness (QED) is 0.281. The zero-order valence-electron chi connectivity index (χ0n) is 10.0. The standard InChI is InChI=1S/C9H16N2O2S4/c1-9(2,3)17-16-6-10-7(12)13-11-8-14-4-5-15-8/h4-6H2,1-3H3,(H,10,12). The number of hydrogen-bond donors (Lipinski definition) is 1. The summed E-state index contributed by atoms with van der Waals surface area (Å²) < 4.78 is 1.02. The largest absolute Gasteiger partial charge is 0.434 e. The molecule has 1 aliphatic heterocycles. The molecule has 0 aromatic heterocycles. The Morgan fingerprint density at radius 2 is 2.12 bits per heavy atom. The molecule has 0 atom stereocenters. The van der Waals surface area contributed by atoms with Crippen LogP contribution in [0.25, 0.3) is 0 Å². The molecule has 17 heavy (non-hydrogen) atoms.